The minimum atomic E-state index is 0.281. The van der Waals surface area contributed by atoms with E-state index in [1.54, 1.807) is 0 Å². The van der Waals surface area contributed by atoms with E-state index in [0.29, 0.717) is 6.04 Å². The summed E-state index contributed by atoms with van der Waals surface area (Å²) in [4.78, 5) is 2.40. The molecule has 1 aromatic carbocycles. The Morgan fingerprint density at radius 1 is 1.29 bits per heavy atom. The standard InChI is InChI=1S/C14H22ClNO/c1-12(2)16(8-3-4-9-17)11-13-6-5-7-14(15)10-13/h5-7,10,12,17H,3-4,8-9,11H2,1-2H3. The van der Waals surface area contributed by atoms with Crippen molar-refractivity contribution in [3.63, 3.8) is 0 Å². The summed E-state index contributed by atoms with van der Waals surface area (Å²) in [5, 5.41) is 9.60. The number of unbranched alkanes of at least 4 members (excludes halogenated alkanes) is 1. The van der Waals surface area contributed by atoms with E-state index in [1.165, 1.54) is 5.56 Å². The summed E-state index contributed by atoms with van der Waals surface area (Å²) in [5.41, 5.74) is 1.25. The average Bonchev–Trinajstić information content (AvgIpc) is 2.28. The van der Waals surface area contributed by atoms with Crippen LogP contribution in [0.4, 0.5) is 0 Å². The van der Waals surface area contributed by atoms with Crippen molar-refractivity contribution < 1.29 is 5.11 Å². The van der Waals surface area contributed by atoms with E-state index in [2.05, 4.69) is 24.8 Å². The number of aliphatic hydroxyl groups excluding tert-OH is 1. The van der Waals surface area contributed by atoms with Crippen LogP contribution in [0.3, 0.4) is 0 Å². The Balaban J connectivity index is 2.54. The van der Waals surface area contributed by atoms with Crippen molar-refractivity contribution in [3.05, 3.63) is 34.9 Å². The number of halogens is 1. The van der Waals surface area contributed by atoms with Gasteiger partial charge >= 0.3 is 0 Å². The number of aliphatic hydroxyl groups is 1. The van der Waals surface area contributed by atoms with Crippen LogP contribution in [0, 0.1) is 0 Å². The first-order chi connectivity index (χ1) is 8.13. The molecule has 96 valence electrons. The molecule has 0 saturated carbocycles. The molecule has 0 aromatic heterocycles. The molecule has 0 saturated heterocycles. The van der Waals surface area contributed by atoms with Crippen LogP contribution >= 0.6 is 11.6 Å². The van der Waals surface area contributed by atoms with Gasteiger partial charge in [0, 0.05) is 24.2 Å². The highest BCUT2D eigenvalue weighted by Crippen LogP contribution is 2.14. The van der Waals surface area contributed by atoms with Crippen molar-refractivity contribution in [1.29, 1.82) is 0 Å². The minimum absolute atomic E-state index is 0.281. The third-order valence-corrected chi connectivity index (χ3v) is 3.09. The summed E-state index contributed by atoms with van der Waals surface area (Å²) >= 11 is 5.98. The van der Waals surface area contributed by atoms with Gasteiger partial charge in [-0.3, -0.25) is 4.90 Å². The lowest BCUT2D eigenvalue weighted by molar-refractivity contribution is 0.198. The monoisotopic (exact) mass is 255 g/mol. The van der Waals surface area contributed by atoms with Crippen LogP contribution in [0.1, 0.15) is 32.3 Å². The Morgan fingerprint density at radius 3 is 2.65 bits per heavy atom. The van der Waals surface area contributed by atoms with E-state index < -0.39 is 0 Å². The summed E-state index contributed by atoms with van der Waals surface area (Å²) in [6.45, 7) is 6.62. The summed E-state index contributed by atoms with van der Waals surface area (Å²) in [7, 11) is 0. The number of benzene rings is 1. The number of nitrogens with zero attached hydrogens (tertiary/aromatic N) is 1. The fourth-order valence-corrected chi connectivity index (χ4v) is 2.03. The fourth-order valence-electron chi connectivity index (χ4n) is 1.82. The lowest BCUT2D eigenvalue weighted by Gasteiger charge is -2.26. The maximum atomic E-state index is 8.81. The highest BCUT2D eigenvalue weighted by Gasteiger charge is 2.09. The molecule has 3 heteroatoms. The van der Waals surface area contributed by atoms with E-state index in [0.717, 1.165) is 31.0 Å². The lowest BCUT2D eigenvalue weighted by Crippen LogP contribution is -2.31. The van der Waals surface area contributed by atoms with E-state index in [9.17, 15) is 0 Å². The summed E-state index contributed by atoms with van der Waals surface area (Å²) < 4.78 is 0. The highest BCUT2D eigenvalue weighted by atomic mass is 35.5. The van der Waals surface area contributed by atoms with E-state index >= 15 is 0 Å². The second-order valence-electron chi connectivity index (χ2n) is 4.62. The van der Waals surface area contributed by atoms with E-state index in [1.807, 2.05) is 18.2 Å². The van der Waals surface area contributed by atoms with Crippen LogP contribution in [0.2, 0.25) is 5.02 Å². The molecule has 0 amide bonds. The van der Waals surface area contributed by atoms with Gasteiger partial charge in [0.05, 0.1) is 0 Å². The minimum Gasteiger partial charge on any atom is -0.396 e. The Labute approximate surface area is 109 Å². The van der Waals surface area contributed by atoms with Crippen molar-refractivity contribution in [2.75, 3.05) is 13.2 Å². The van der Waals surface area contributed by atoms with Gasteiger partial charge in [0.15, 0.2) is 0 Å². The van der Waals surface area contributed by atoms with Crippen molar-refractivity contribution in [2.45, 2.75) is 39.3 Å². The predicted molar refractivity (Wildman–Crippen MR) is 73.3 cm³/mol. The lowest BCUT2D eigenvalue weighted by atomic mass is 10.1. The zero-order valence-corrected chi connectivity index (χ0v) is 11.5. The topological polar surface area (TPSA) is 23.5 Å². The van der Waals surface area contributed by atoms with E-state index in [-0.39, 0.29) is 6.61 Å². The summed E-state index contributed by atoms with van der Waals surface area (Å²) in [6, 6.07) is 8.52. The average molecular weight is 256 g/mol. The maximum absolute atomic E-state index is 8.81. The summed E-state index contributed by atoms with van der Waals surface area (Å²) in [5.74, 6) is 0. The van der Waals surface area contributed by atoms with Crippen LogP contribution in [0.5, 0.6) is 0 Å². The van der Waals surface area contributed by atoms with Gasteiger partial charge in [0.2, 0.25) is 0 Å². The normalized spacial score (nSPS) is 11.4. The molecule has 0 radical (unpaired) electrons. The number of hydrogen-bond donors (Lipinski definition) is 1. The molecule has 0 unspecified atom stereocenters. The van der Waals surface area contributed by atoms with Crippen LogP contribution < -0.4 is 0 Å². The van der Waals surface area contributed by atoms with Crippen molar-refractivity contribution in [1.82, 2.24) is 4.90 Å². The Hall–Kier alpha value is -0.570. The predicted octanol–water partition coefficient (Wildman–Crippen LogP) is 3.32. The molecule has 1 aromatic rings. The molecule has 0 spiro atoms. The number of hydrogen-bond acceptors (Lipinski definition) is 2. The molecular formula is C14H22ClNO. The molecule has 2 nitrogen and oxygen atoms in total. The van der Waals surface area contributed by atoms with Crippen molar-refractivity contribution in [2.24, 2.45) is 0 Å². The van der Waals surface area contributed by atoms with Gasteiger partial charge in [-0.15, -0.1) is 0 Å². The zero-order chi connectivity index (χ0) is 12.7. The van der Waals surface area contributed by atoms with Gasteiger partial charge in [-0.25, -0.2) is 0 Å². The molecular weight excluding hydrogens is 234 g/mol. The van der Waals surface area contributed by atoms with Crippen molar-refractivity contribution in [3.8, 4) is 0 Å². The summed E-state index contributed by atoms with van der Waals surface area (Å²) in [6.07, 6.45) is 1.91. The molecule has 0 fully saturated rings. The fraction of sp³-hybridized carbons (Fsp3) is 0.571. The first-order valence-electron chi connectivity index (χ1n) is 6.23. The zero-order valence-electron chi connectivity index (χ0n) is 10.7. The van der Waals surface area contributed by atoms with Crippen LogP contribution in [0.15, 0.2) is 24.3 Å². The smallest absolute Gasteiger partial charge is 0.0431 e. The molecule has 0 bridgehead atoms. The second kappa shape index (κ2) is 7.70. The van der Waals surface area contributed by atoms with Gasteiger partial charge in [-0.1, -0.05) is 23.7 Å². The van der Waals surface area contributed by atoms with E-state index in [4.69, 9.17) is 16.7 Å². The maximum Gasteiger partial charge on any atom is 0.0431 e. The Kier molecular flexibility index (Phi) is 6.56. The SMILES string of the molecule is CC(C)N(CCCCO)Cc1cccc(Cl)c1. The number of rotatable bonds is 7. The van der Waals surface area contributed by atoms with Gasteiger partial charge in [-0.2, -0.15) is 0 Å². The largest absolute Gasteiger partial charge is 0.396 e. The Bertz CT molecular complexity index is 328. The molecule has 17 heavy (non-hydrogen) atoms. The Morgan fingerprint density at radius 2 is 2.06 bits per heavy atom. The molecule has 0 aliphatic carbocycles. The third-order valence-electron chi connectivity index (χ3n) is 2.86. The van der Waals surface area contributed by atoms with Gasteiger partial charge in [0.25, 0.3) is 0 Å². The van der Waals surface area contributed by atoms with Crippen molar-refractivity contribution >= 4 is 11.6 Å². The van der Waals surface area contributed by atoms with Gasteiger partial charge < -0.3 is 5.11 Å². The molecule has 0 atom stereocenters. The molecule has 1 N–H and O–H groups in total. The van der Waals surface area contributed by atoms with Crippen LogP contribution in [-0.4, -0.2) is 29.2 Å². The quantitative estimate of drug-likeness (QED) is 0.756. The van der Waals surface area contributed by atoms with Crippen LogP contribution in [-0.2, 0) is 6.54 Å². The first-order valence-corrected chi connectivity index (χ1v) is 6.60. The second-order valence-corrected chi connectivity index (χ2v) is 5.06. The molecule has 0 aliphatic heterocycles. The molecule has 1 rings (SSSR count). The third kappa shape index (κ3) is 5.53. The van der Waals surface area contributed by atoms with Gasteiger partial charge in [-0.05, 0) is 50.9 Å². The first kappa shape index (κ1) is 14.5. The van der Waals surface area contributed by atoms with Gasteiger partial charge in [0.1, 0.15) is 0 Å². The molecule has 0 aliphatic rings. The highest BCUT2D eigenvalue weighted by molar-refractivity contribution is 6.30. The van der Waals surface area contributed by atoms with Crippen LogP contribution in [0.25, 0.3) is 0 Å². The molecule has 0 heterocycles.